The van der Waals surface area contributed by atoms with Crippen LogP contribution in [0.1, 0.15) is 17.4 Å². The number of benzene rings is 1. The number of nitrogens with zero attached hydrogens (tertiary/aromatic N) is 4. The summed E-state index contributed by atoms with van der Waals surface area (Å²) in [5.74, 6) is 0.492. The van der Waals surface area contributed by atoms with Crippen molar-refractivity contribution in [1.82, 2.24) is 15.1 Å². The average Bonchev–Trinajstić information content (AvgIpc) is 2.97. The highest BCUT2D eigenvalue weighted by Crippen LogP contribution is 2.31. The van der Waals surface area contributed by atoms with Gasteiger partial charge in [-0.3, -0.25) is 0 Å². The summed E-state index contributed by atoms with van der Waals surface area (Å²) < 4.78 is 25.0. The number of morpholine rings is 1. The Morgan fingerprint density at radius 1 is 1.26 bits per heavy atom. The third-order valence-corrected chi connectivity index (χ3v) is 4.04. The molecular formula is C16H15FN4O2. The summed E-state index contributed by atoms with van der Waals surface area (Å²) in [5.41, 5.74) is 1.76. The summed E-state index contributed by atoms with van der Waals surface area (Å²) in [6.07, 6.45) is 1.12. The molecule has 0 amide bonds. The number of rotatable bonds is 2. The Labute approximate surface area is 131 Å². The van der Waals surface area contributed by atoms with E-state index in [4.69, 9.17) is 9.26 Å². The lowest BCUT2D eigenvalue weighted by molar-refractivity contribution is 0.0373. The molecule has 2 aromatic heterocycles. The highest BCUT2D eigenvalue weighted by molar-refractivity contribution is 5.87. The van der Waals surface area contributed by atoms with Gasteiger partial charge in [-0.25, -0.2) is 9.37 Å². The molecule has 0 N–H and O–H groups in total. The second kappa shape index (κ2) is 5.58. The van der Waals surface area contributed by atoms with Gasteiger partial charge in [-0.05, 0) is 13.0 Å². The van der Waals surface area contributed by atoms with Crippen LogP contribution in [-0.2, 0) is 4.74 Å². The number of halogens is 1. The number of hydrogen-bond donors (Lipinski definition) is 0. The second-order valence-electron chi connectivity index (χ2n) is 5.47. The smallest absolute Gasteiger partial charge is 0.263 e. The first-order valence-corrected chi connectivity index (χ1v) is 7.42. The SMILES string of the molecule is Cc1noc2ncnc(N3CCOC(c4ccccc4F)C3)c12. The number of ether oxygens (including phenoxy) is 1. The lowest BCUT2D eigenvalue weighted by Crippen LogP contribution is -2.39. The van der Waals surface area contributed by atoms with Gasteiger partial charge in [0.05, 0.1) is 12.3 Å². The largest absolute Gasteiger partial charge is 0.370 e. The summed E-state index contributed by atoms with van der Waals surface area (Å²) in [6, 6.07) is 6.69. The van der Waals surface area contributed by atoms with Gasteiger partial charge >= 0.3 is 0 Å². The minimum atomic E-state index is -0.338. The lowest BCUT2D eigenvalue weighted by Gasteiger charge is -2.34. The Morgan fingerprint density at radius 2 is 2.13 bits per heavy atom. The molecule has 1 aliphatic rings. The van der Waals surface area contributed by atoms with E-state index in [0.717, 1.165) is 16.9 Å². The molecule has 3 aromatic rings. The second-order valence-corrected chi connectivity index (χ2v) is 5.47. The number of hydrogen-bond acceptors (Lipinski definition) is 6. The fourth-order valence-electron chi connectivity index (χ4n) is 2.91. The summed E-state index contributed by atoms with van der Waals surface area (Å²) in [6.45, 7) is 3.53. The highest BCUT2D eigenvalue weighted by Gasteiger charge is 2.27. The third kappa shape index (κ3) is 2.43. The maximum Gasteiger partial charge on any atom is 0.263 e. The first-order chi connectivity index (χ1) is 11.2. The van der Waals surface area contributed by atoms with Crippen LogP contribution in [0.2, 0.25) is 0 Å². The molecule has 4 rings (SSSR count). The summed E-state index contributed by atoms with van der Waals surface area (Å²) in [7, 11) is 0. The van der Waals surface area contributed by atoms with Gasteiger partial charge in [-0.1, -0.05) is 23.4 Å². The van der Waals surface area contributed by atoms with Crippen molar-refractivity contribution in [2.45, 2.75) is 13.0 Å². The molecule has 1 unspecified atom stereocenters. The summed E-state index contributed by atoms with van der Waals surface area (Å²) in [4.78, 5) is 10.5. The van der Waals surface area contributed by atoms with Crippen molar-refractivity contribution in [3.8, 4) is 0 Å². The lowest BCUT2D eigenvalue weighted by atomic mass is 10.1. The predicted molar refractivity (Wildman–Crippen MR) is 81.6 cm³/mol. The average molecular weight is 314 g/mol. The van der Waals surface area contributed by atoms with Gasteiger partial charge < -0.3 is 14.2 Å². The zero-order valence-electron chi connectivity index (χ0n) is 12.6. The third-order valence-electron chi connectivity index (χ3n) is 4.04. The van der Waals surface area contributed by atoms with E-state index < -0.39 is 0 Å². The van der Waals surface area contributed by atoms with Gasteiger partial charge in [0.1, 0.15) is 29.5 Å². The van der Waals surface area contributed by atoms with Crippen molar-refractivity contribution in [1.29, 1.82) is 0 Å². The van der Waals surface area contributed by atoms with E-state index in [1.807, 2.05) is 13.0 Å². The number of aromatic nitrogens is 3. The normalized spacial score (nSPS) is 18.5. The van der Waals surface area contributed by atoms with Crippen molar-refractivity contribution in [2.24, 2.45) is 0 Å². The Morgan fingerprint density at radius 3 is 3.00 bits per heavy atom. The first-order valence-electron chi connectivity index (χ1n) is 7.42. The molecule has 1 aliphatic heterocycles. The molecule has 7 heteroatoms. The standard InChI is InChI=1S/C16H15FN4O2/c1-10-14-15(18-9-19-16(14)23-20-10)21-6-7-22-13(8-21)11-4-2-3-5-12(11)17/h2-5,9,13H,6-8H2,1H3. The zero-order chi connectivity index (χ0) is 15.8. The fourth-order valence-corrected chi connectivity index (χ4v) is 2.91. The van der Waals surface area contributed by atoms with Crippen LogP contribution in [0, 0.1) is 12.7 Å². The van der Waals surface area contributed by atoms with E-state index in [9.17, 15) is 4.39 Å². The van der Waals surface area contributed by atoms with Crippen LogP contribution in [0.3, 0.4) is 0 Å². The molecule has 3 heterocycles. The molecule has 1 aromatic carbocycles. The molecular weight excluding hydrogens is 299 g/mol. The Hall–Kier alpha value is -2.54. The molecule has 0 bridgehead atoms. The Kier molecular flexibility index (Phi) is 3.42. The van der Waals surface area contributed by atoms with Crippen molar-refractivity contribution >= 4 is 16.9 Å². The minimum absolute atomic E-state index is 0.256. The molecule has 0 aliphatic carbocycles. The maximum atomic E-state index is 14.0. The molecule has 1 atom stereocenters. The van der Waals surface area contributed by atoms with Crippen molar-refractivity contribution in [2.75, 3.05) is 24.6 Å². The summed E-state index contributed by atoms with van der Waals surface area (Å²) in [5, 5.41) is 4.74. The van der Waals surface area contributed by atoms with Gasteiger partial charge in [-0.15, -0.1) is 0 Å². The van der Waals surface area contributed by atoms with E-state index in [-0.39, 0.29) is 11.9 Å². The quantitative estimate of drug-likeness (QED) is 0.724. The molecule has 118 valence electrons. The number of fused-ring (bicyclic) bond motifs is 1. The molecule has 0 spiro atoms. The van der Waals surface area contributed by atoms with Crippen molar-refractivity contribution < 1.29 is 13.7 Å². The van der Waals surface area contributed by atoms with Crippen LogP contribution in [0.5, 0.6) is 0 Å². The summed E-state index contributed by atoms with van der Waals surface area (Å²) >= 11 is 0. The topological polar surface area (TPSA) is 64.3 Å². The molecule has 23 heavy (non-hydrogen) atoms. The number of aryl methyl sites for hydroxylation is 1. The molecule has 0 radical (unpaired) electrons. The van der Waals surface area contributed by atoms with E-state index in [1.165, 1.54) is 12.4 Å². The van der Waals surface area contributed by atoms with Crippen LogP contribution in [0.15, 0.2) is 35.1 Å². The highest BCUT2D eigenvalue weighted by atomic mass is 19.1. The maximum absolute atomic E-state index is 14.0. The zero-order valence-corrected chi connectivity index (χ0v) is 12.6. The van der Waals surface area contributed by atoms with Crippen LogP contribution < -0.4 is 4.90 Å². The van der Waals surface area contributed by atoms with Gasteiger partial charge in [-0.2, -0.15) is 4.98 Å². The van der Waals surface area contributed by atoms with Gasteiger partial charge in [0.25, 0.3) is 5.71 Å². The van der Waals surface area contributed by atoms with Crippen molar-refractivity contribution in [3.63, 3.8) is 0 Å². The van der Waals surface area contributed by atoms with Crippen LogP contribution in [0.25, 0.3) is 11.1 Å². The van der Waals surface area contributed by atoms with Crippen LogP contribution >= 0.6 is 0 Å². The predicted octanol–water partition coefficient (Wildman–Crippen LogP) is 2.64. The van der Waals surface area contributed by atoms with Crippen molar-refractivity contribution in [3.05, 3.63) is 47.7 Å². The van der Waals surface area contributed by atoms with Gasteiger partial charge in [0.2, 0.25) is 0 Å². The Balaban J connectivity index is 1.69. The van der Waals surface area contributed by atoms with E-state index in [2.05, 4.69) is 20.0 Å². The van der Waals surface area contributed by atoms with Gasteiger partial charge in [0, 0.05) is 18.7 Å². The molecule has 6 nitrogen and oxygen atoms in total. The minimum Gasteiger partial charge on any atom is -0.370 e. The van der Waals surface area contributed by atoms with Crippen LogP contribution in [0.4, 0.5) is 10.2 Å². The van der Waals surface area contributed by atoms with E-state index in [1.54, 1.807) is 12.1 Å². The van der Waals surface area contributed by atoms with Crippen LogP contribution in [-0.4, -0.2) is 34.8 Å². The molecule has 1 fully saturated rings. The fraction of sp³-hybridized carbons (Fsp3) is 0.312. The monoisotopic (exact) mass is 314 g/mol. The molecule has 0 saturated carbocycles. The number of anilines is 1. The van der Waals surface area contributed by atoms with Gasteiger partial charge in [0.15, 0.2) is 0 Å². The van der Waals surface area contributed by atoms with E-state index >= 15 is 0 Å². The Bertz CT molecular complexity index is 851. The first kappa shape index (κ1) is 14.1. The van der Waals surface area contributed by atoms with E-state index in [0.29, 0.717) is 31.0 Å². The molecule has 1 saturated heterocycles.